The summed E-state index contributed by atoms with van der Waals surface area (Å²) in [4.78, 5) is 31.8. The Labute approximate surface area is 209 Å². The summed E-state index contributed by atoms with van der Waals surface area (Å²) in [6.07, 6.45) is 2.61. The van der Waals surface area contributed by atoms with E-state index in [1.807, 2.05) is 54.7 Å². The maximum atomic E-state index is 12.7. The molecule has 1 aliphatic heterocycles. The molecular formula is C27H29N7O2. The van der Waals surface area contributed by atoms with Crippen molar-refractivity contribution in [3.8, 4) is 11.3 Å². The number of hydrogen-bond donors (Lipinski definition) is 3. The number of aryl methyl sites for hydroxylation is 1. The van der Waals surface area contributed by atoms with Gasteiger partial charge in [0, 0.05) is 62.1 Å². The third-order valence-corrected chi connectivity index (χ3v) is 6.39. The number of nitrogens with zero attached hydrogens (tertiary/aromatic N) is 4. The van der Waals surface area contributed by atoms with Crippen LogP contribution in [0, 0.1) is 0 Å². The molecule has 0 spiro atoms. The van der Waals surface area contributed by atoms with Gasteiger partial charge < -0.3 is 20.9 Å². The van der Waals surface area contributed by atoms with E-state index < -0.39 is 0 Å². The van der Waals surface area contributed by atoms with Gasteiger partial charge in [0.1, 0.15) is 5.69 Å². The van der Waals surface area contributed by atoms with Gasteiger partial charge in [0.2, 0.25) is 0 Å². The van der Waals surface area contributed by atoms with E-state index in [0.29, 0.717) is 24.3 Å². The Morgan fingerprint density at radius 3 is 2.81 bits per heavy atom. The van der Waals surface area contributed by atoms with Crippen LogP contribution >= 0.6 is 0 Å². The molecule has 9 heteroatoms. The smallest absolute Gasteiger partial charge is 0.269 e. The molecule has 5 rings (SSSR count). The topological polar surface area (TPSA) is 104 Å². The fraction of sp³-hybridized carbons (Fsp3) is 0.259. The lowest BCUT2D eigenvalue weighted by Gasteiger charge is -2.27. The summed E-state index contributed by atoms with van der Waals surface area (Å²) in [6, 6.07) is 17.5. The minimum atomic E-state index is -0.131. The van der Waals surface area contributed by atoms with Crippen molar-refractivity contribution in [2.75, 3.05) is 38.1 Å². The third kappa shape index (κ3) is 4.65. The summed E-state index contributed by atoms with van der Waals surface area (Å²) in [7, 11) is 3.41. The molecule has 0 fully saturated rings. The number of pyridine rings is 1. The summed E-state index contributed by atoms with van der Waals surface area (Å²) >= 11 is 0. The maximum Gasteiger partial charge on any atom is 0.269 e. The lowest BCUT2D eigenvalue weighted by atomic mass is 10.1. The minimum Gasteiger partial charge on any atom is -0.355 e. The molecular weight excluding hydrogens is 454 g/mol. The van der Waals surface area contributed by atoms with Crippen molar-refractivity contribution in [2.24, 2.45) is 7.05 Å². The summed E-state index contributed by atoms with van der Waals surface area (Å²) < 4.78 is 1.62. The fourth-order valence-electron chi connectivity index (χ4n) is 4.52. The first-order valence-electron chi connectivity index (χ1n) is 12.1. The molecule has 184 valence electrons. The number of hydrogen-bond acceptors (Lipinski definition) is 6. The largest absolute Gasteiger partial charge is 0.355 e. The zero-order chi connectivity index (χ0) is 25.1. The minimum absolute atomic E-state index is 0.126. The van der Waals surface area contributed by atoms with Gasteiger partial charge in [-0.05, 0) is 55.4 Å². The molecule has 1 aliphatic rings. The third-order valence-electron chi connectivity index (χ3n) is 6.39. The summed E-state index contributed by atoms with van der Waals surface area (Å²) in [5.74, 6) is -0.257. The molecule has 2 aromatic carbocycles. The van der Waals surface area contributed by atoms with Gasteiger partial charge in [-0.3, -0.25) is 19.3 Å². The van der Waals surface area contributed by atoms with E-state index in [1.54, 1.807) is 18.8 Å². The molecule has 36 heavy (non-hydrogen) atoms. The highest BCUT2D eigenvalue weighted by molar-refractivity contribution is 5.99. The van der Waals surface area contributed by atoms with Crippen molar-refractivity contribution >= 4 is 34.1 Å². The Morgan fingerprint density at radius 1 is 1.06 bits per heavy atom. The van der Waals surface area contributed by atoms with Crippen LogP contribution in [-0.2, 0) is 7.05 Å². The number of amides is 2. The standard InChI is InChI=1S/C27H29N7O2/c1-28-26(35)19-5-3-6-20(15-19)34-14-13-29-10-4-11-31-27(36)25-17-23(32-33(25)2)18-7-8-22-21(16-18)24(34)9-12-30-22/h3,5-9,12,15-17,29H,4,10-11,13-14H2,1-2H3,(H,28,35)(H,31,36). The van der Waals surface area contributed by atoms with Gasteiger partial charge in [0.25, 0.3) is 11.8 Å². The van der Waals surface area contributed by atoms with Crippen LogP contribution in [0.1, 0.15) is 27.3 Å². The van der Waals surface area contributed by atoms with Gasteiger partial charge in [0.15, 0.2) is 0 Å². The summed E-state index contributed by atoms with van der Waals surface area (Å²) in [6.45, 7) is 2.75. The highest BCUT2D eigenvalue weighted by Gasteiger charge is 2.18. The molecule has 0 saturated heterocycles. The SMILES string of the molecule is CNC(=O)c1cccc(N2CCNCCCNC(=O)c3cc(nn3C)-c3ccc4nccc2c4c3)c1. The van der Waals surface area contributed by atoms with Crippen molar-refractivity contribution in [1.29, 1.82) is 0 Å². The number of aromatic nitrogens is 3. The number of nitrogens with one attached hydrogen (secondary N) is 3. The molecule has 0 atom stereocenters. The highest BCUT2D eigenvalue weighted by Crippen LogP contribution is 2.34. The zero-order valence-electron chi connectivity index (χ0n) is 20.4. The number of rotatable bonds is 2. The van der Waals surface area contributed by atoms with E-state index in [2.05, 4.69) is 37.0 Å². The molecule has 0 radical (unpaired) electrons. The average molecular weight is 484 g/mol. The van der Waals surface area contributed by atoms with Gasteiger partial charge in [-0.25, -0.2) is 0 Å². The van der Waals surface area contributed by atoms with E-state index in [4.69, 9.17) is 0 Å². The van der Waals surface area contributed by atoms with E-state index in [-0.39, 0.29) is 11.8 Å². The molecule has 0 aliphatic carbocycles. The van der Waals surface area contributed by atoms with Crippen LogP contribution < -0.4 is 20.9 Å². The average Bonchev–Trinajstić information content (AvgIpc) is 3.30. The van der Waals surface area contributed by atoms with Crippen molar-refractivity contribution in [2.45, 2.75) is 6.42 Å². The van der Waals surface area contributed by atoms with Gasteiger partial charge >= 0.3 is 0 Å². The number of anilines is 2. The van der Waals surface area contributed by atoms with E-state index in [0.717, 1.165) is 53.0 Å². The molecule has 0 unspecified atom stereocenters. The summed E-state index contributed by atoms with van der Waals surface area (Å²) in [5.41, 5.74) is 5.50. The molecule has 2 aromatic heterocycles. The molecule has 9 nitrogen and oxygen atoms in total. The second-order valence-electron chi connectivity index (χ2n) is 8.74. The van der Waals surface area contributed by atoms with Crippen LogP contribution in [0.2, 0.25) is 0 Å². The first-order valence-corrected chi connectivity index (χ1v) is 12.1. The fourth-order valence-corrected chi connectivity index (χ4v) is 4.52. The number of benzene rings is 2. The van der Waals surface area contributed by atoms with Crippen molar-refractivity contribution < 1.29 is 9.59 Å². The molecule has 3 N–H and O–H groups in total. The van der Waals surface area contributed by atoms with Gasteiger partial charge in [-0.2, -0.15) is 5.10 Å². The van der Waals surface area contributed by atoms with Crippen molar-refractivity contribution in [3.05, 3.63) is 72.1 Å². The molecule has 0 saturated carbocycles. The Morgan fingerprint density at radius 2 is 1.94 bits per heavy atom. The maximum absolute atomic E-state index is 12.7. The quantitative estimate of drug-likeness (QED) is 0.405. The van der Waals surface area contributed by atoms with Crippen LogP contribution in [0.3, 0.4) is 0 Å². The second-order valence-corrected chi connectivity index (χ2v) is 8.74. The number of fused-ring (bicyclic) bond motifs is 4. The van der Waals surface area contributed by atoms with Crippen LogP contribution in [0.4, 0.5) is 11.4 Å². The van der Waals surface area contributed by atoms with Crippen molar-refractivity contribution in [1.82, 2.24) is 30.7 Å². The molecule has 4 bridgehead atoms. The Bertz CT molecular complexity index is 1430. The Balaban J connectivity index is 1.66. The molecule has 2 amide bonds. The number of carbonyl (C=O) groups is 2. The van der Waals surface area contributed by atoms with Gasteiger partial charge in [0.05, 0.1) is 16.9 Å². The lowest BCUT2D eigenvalue weighted by molar-refractivity contribution is 0.0941. The van der Waals surface area contributed by atoms with Crippen LogP contribution in [0.5, 0.6) is 0 Å². The van der Waals surface area contributed by atoms with E-state index >= 15 is 0 Å². The predicted molar refractivity (Wildman–Crippen MR) is 141 cm³/mol. The van der Waals surface area contributed by atoms with Crippen molar-refractivity contribution in [3.63, 3.8) is 0 Å². The molecule has 4 aromatic rings. The Hall–Kier alpha value is -4.24. The molecule has 3 heterocycles. The van der Waals surface area contributed by atoms with E-state index in [9.17, 15) is 9.59 Å². The normalized spacial score (nSPS) is 14.6. The first-order chi connectivity index (χ1) is 17.5. The predicted octanol–water partition coefficient (Wildman–Crippen LogP) is 2.86. The second kappa shape index (κ2) is 10.2. The Kier molecular flexibility index (Phi) is 6.64. The van der Waals surface area contributed by atoms with Gasteiger partial charge in [-0.15, -0.1) is 0 Å². The van der Waals surface area contributed by atoms with E-state index in [1.165, 1.54) is 0 Å². The first kappa shape index (κ1) is 23.5. The van der Waals surface area contributed by atoms with Crippen LogP contribution in [0.15, 0.2) is 60.8 Å². The zero-order valence-corrected chi connectivity index (χ0v) is 20.4. The highest BCUT2D eigenvalue weighted by atomic mass is 16.2. The van der Waals surface area contributed by atoms with Crippen LogP contribution in [-0.4, -0.2) is 59.8 Å². The van der Waals surface area contributed by atoms with Gasteiger partial charge in [-0.1, -0.05) is 12.1 Å². The van der Waals surface area contributed by atoms with Crippen LogP contribution in [0.25, 0.3) is 22.2 Å². The monoisotopic (exact) mass is 483 g/mol. The number of carbonyl (C=O) groups excluding carboxylic acids is 2. The summed E-state index contributed by atoms with van der Waals surface area (Å²) in [5, 5.41) is 14.7. The lowest BCUT2D eigenvalue weighted by Crippen LogP contribution is -2.32.